The van der Waals surface area contributed by atoms with Crippen molar-refractivity contribution < 1.29 is 49.3 Å². The first-order chi connectivity index (χ1) is 41.7. The summed E-state index contributed by atoms with van der Waals surface area (Å²) in [6.45, 7) is 4.34. The molecule has 0 radical (unpaired) electrons. The number of amides is 1. The van der Waals surface area contributed by atoms with Crippen LogP contribution in [0.1, 0.15) is 361 Å². The molecule has 6 N–H and O–H groups in total. The number of carbonyl (C=O) groups is 2. The number of esters is 1. The molecule has 1 fully saturated rings. The number of nitrogens with one attached hydrogen (secondary N) is 1. The van der Waals surface area contributed by atoms with Crippen molar-refractivity contribution in [2.75, 3.05) is 19.8 Å². The van der Waals surface area contributed by atoms with E-state index in [0.717, 1.165) is 57.8 Å². The molecular formula is C74H139NO10. The van der Waals surface area contributed by atoms with Gasteiger partial charge in [0.1, 0.15) is 24.4 Å². The van der Waals surface area contributed by atoms with E-state index in [1.54, 1.807) is 6.08 Å². The van der Waals surface area contributed by atoms with E-state index >= 15 is 0 Å². The molecule has 7 atom stereocenters. The Hall–Kier alpha value is -2.12. The summed E-state index contributed by atoms with van der Waals surface area (Å²) >= 11 is 0. The second-order valence-electron chi connectivity index (χ2n) is 25.6. The minimum atomic E-state index is -1.57. The highest BCUT2D eigenvalue weighted by molar-refractivity contribution is 5.76. The lowest BCUT2D eigenvalue weighted by Gasteiger charge is -2.40. The molecule has 11 nitrogen and oxygen atoms in total. The first-order valence-corrected chi connectivity index (χ1v) is 36.8. The molecule has 1 rings (SSSR count). The molecule has 0 aromatic heterocycles. The SMILES string of the molecule is CCCCCCCC/C=C\CCCCCCCCCC(=O)OCCCCCCCCCCCCCC/C=C\CCCCCCCCCCCCCCCCCC(=O)NC(COC1OC(CO)C(O)C(O)C1O)C(O)/C=C/CCCCCCCCC. The second kappa shape index (κ2) is 63.4. The maximum Gasteiger partial charge on any atom is 0.305 e. The van der Waals surface area contributed by atoms with E-state index in [0.29, 0.717) is 19.4 Å². The Kier molecular flexibility index (Phi) is 60.4. The molecule has 11 heteroatoms. The summed E-state index contributed by atoms with van der Waals surface area (Å²) in [6, 6.07) is -0.807. The largest absolute Gasteiger partial charge is 0.466 e. The third-order valence-electron chi connectivity index (χ3n) is 17.5. The normalized spacial score (nSPS) is 18.1. The van der Waals surface area contributed by atoms with Gasteiger partial charge in [0, 0.05) is 12.8 Å². The van der Waals surface area contributed by atoms with Crippen molar-refractivity contribution in [1.29, 1.82) is 0 Å². The van der Waals surface area contributed by atoms with Crippen molar-refractivity contribution in [3.63, 3.8) is 0 Å². The maximum atomic E-state index is 13.0. The maximum absolute atomic E-state index is 13.0. The fourth-order valence-electron chi connectivity index (χ4n) is 11.7. The molecule has 0 aromatic carbocycles. The van der Waals surface area contributed by atoms with Crippen LogP contribution in [0.3, 0.4) is 0 Å². The fraction of sp³-hybridized carbons (Fsp3) is 0.892. The van der Waals surface area contributed by atoms with Gasteiger partial charge in [0.05, 0.1) is 32.0 Å². The number of hydrogen-bond acceptors (Lipinski definition) is 10. The standard InChI is InChI=1S/C74H139NO10/c1-3-5-7-9-11-13-14-15-16-32-36-39-42-46-50-54-58-62-70(79)83-63-59-55-51-47-43-40-37-34-31-29-27-25-23-21-19-17-18-20-22-24-26-28-30-33-35-38-41-45-49-53-57-61-69(78)75-66(67(77)60-56-52-48-44-12-10-8-6-4-2)65-84-74-73(82)72(81)71(80)68(64-76)85-74/h15-16,19,21,56,60,66-68,71-74,76-77,80-82H,3-14,17-18,20,22-55,57-59,61-65H2,1-2H3,(H,75,78)/b16-15-,21-19-,60-56+. The van der Waals surface area contributed by atoms with Crippen LogP contribution >= 0.6 is 0 Å². The first kappa shape index (κ1) is 80.9. The van der Waals surface area contributed by atoms with Crippen LogP contribution in [0.4, 0.5) is 0 Å². The fourth-order valence-corrected chi connectivity index (χ4v) is 11.7. The van der Waals surface area contributed by atoms with Gasteiger partial charge in [-0.25, -0.2) is 0 Å². The Bertz CT molecular complexity index is 1510. The van der Waals surface area contributed by atoms with Crippen molar-refractivity contribution in [2.24, 2.45) is 0 Å². The summed E-state index contributed by atoms with van der Waals surface area (Å²) in [5.74, 6) is -0.174. The van der Waals surface area contributed by atoms with Gasteiger partial charge in [-0.05, 0) is 83.5 Å². The molecule has 0 bridgehead atoms. The summed E-state index contributed by atoms with van der Waals surface area (Å²) in [7, 11) is 0. The van der Waals surface area contributed by atoms with Crippen LogP contribution in [0.15, 0.2) is 36.5 Å². The molecule has 1 aliphatic heterocycles. The average molecular weight is 1200 g/mol. The molecule has 0 saturated carbocycles. The van der Waals surface area contributed by atoms with Crippen molar-refractivity contribution in [2.45, 2.75) is 403 Å². The third-order valence-corrected chi connectivity index (χ3v) is 17.5. The van der Waals surface area contributed by atoms with Gasteiger partial charge in [0.2, 0.25) is 5.91 Å². The summed E-state index contributed by atoms with van der Waals surface area (Å²) in [6.07, 6.45) is 71.6. The van der Waals surface area contributed by atoms with Crippen LogP contribution in [0.25, 0.3) is 0 Å². The Morgan fingerprint density at radius 3 is 1.13 bits per heavy atom. The lowest BCUT2D eigenvalue weighted by Crippen LogP contribution is -2.60. The predicted octanol–water partition coefficient (Wildman–Crippen LogP) is 19.0. The number of carbonyl (C=O) groups excluding carboxylic acids is 2. The molecule has 1 aliphatic rings. The first-order valence-electron chi connectivity index (χ1n) is 36.8. The molecule has 1 amide bonds. The highest BCUT2D eigenvalue weighted by Crippen LogP contribution is 2.23. The van der Waals surface area contributed by atoms with Gasteiger partial charge in [0.25, 0.3) is 0 Å². The zero-order valence-electron chi connectivity index (χ0n) is 55.6. The highest BCUT2D eigenvalue weighted by atomic mass is 16.7. The van der Waals surface area contributed by atoms with Crippen LogP contribution in [-0.4, -0.2) is 100 Å². The Balaban J connectivity index is 1.89. The van der Waals surface area contributed by atoms with E-state index in [-0.39, 0.29) is 18.5 Å². The molecule has 85 heavy (non-hydrogen) atoms. The van der Waals surface area contributed by atoms with E-state index in [1.165, 1.54) is 276 Å². The summed E-state index contributed by atoms with van der Waals surface area (Å²) in [4.78, 5) is 25.1. The van der Waals surface area contributed by atoms with Gasteiger partial charge < -0.3 is 45.1 Å². The zero-order chi connectivity index (χ0) is 61.6. The summed E-state index contributed by atoms with van der Waals surface area (Å²) in [5, 5.41) is 54.3. The van der Waals surface area contributed by atoms with E-state index < -0.39 is 49.5 Å². The van der Waals surface area contributed by atoms with Gasteiger partial charge >= 0.3 is 5.97 Å². The quantitative estimate of drug-likeness (QED) is 0.0195. The van der Waals surface area contributed by atoms with Crippen LogP contribution in [0.2, 0.25) is 0 Å². The van der Waals surface area contributed by atoms with Crippen LogP contribution in [0.5, 0.6) is 0 Å². The summed E-state index contributed by atoms with van der Waals surface area (Å²) < 4.78 is 16.7. The number of rotatable bonds is 65. The second-order valence-corrected chi connectivity index (χ2v) is 25.6. The van der Waals surface area contributed by atoms with E-state index in [4.69, 9.17) is 14.2 Å². The predicted molar refractivity (Wildman–Crippen MR) is 357 cm³/mol. The van der Waals surface area contributed by atoms with E-state index in [1.807, 2.05) is 6.08 Å². The number of aliphatic hydroxyl groups excluding tert-OH is 5. The number of allylic oxidation sites excluding steroid dienone is 5. The van der Waals surface area contributed by atoms with Gasteiger partial charge in [-0.1, -0.05) is 301 Å². The molecule has 1 heterocycles. The zero-order valence-corrected chi connectivity index (χ0v) is 55.6. The molecular weight excluding hydrogens is 1060 g/mol. The number of ether oxygens (including phenoxy) is 3. The van der Waals surface area contributed by atoms with Gasteiger partial charge in [-0.15, -0.1) is 0 Å². The monoisotopic (exact) mass is 1200 g/mol. The lowest BCUT2D eigenvalue weighted by atomic mass is 9.99. The van der Waals surface area contributed by atoms with Crippen molar-refractivity contribution >= 4 is 11.9 Å². The molecule has 1 saturated heterocycles. The van der Waals surface area contributed by atoms with Crippen LogP contribution < -0.4 is 5.32 Å². The average Bonchev–Trinajstić information content (AvgIpc) is 3.60. The minimum absolute atomic E-state index is 0.00678. The number of unbranched alkanes of at least 4 members (excludes halogenated alkanes) is 47. The van der Waals surface area contributed by atoms with Crippen molar-refractivity contribution in [3.8, 4) is 0 Å². The molecule has 0 aliphatic carbocycles. The van der Waals surface area contributed by atoms with Crippen molar-refractivity contribution in [1.82, 2.24) is 5.32 Å². The molecule has 0 spiro atoms. The molecule has 0 aromatic rings. The molecule has 500 valence electrons. The van der Waals surface area contributed by atoms with Crippen molar-refractivity contribution in [3.05, 3.63) is 36.5 Å². The number of hydrogen-bond donors (Lipinski definition) is 6. The van der Waals surface area contributed by atoms with E-state index in [9.17, 15) is 35.1 Å². The van der Waals surface area contributed by atoms with E-state index in [2.05, 4.69) is 43.5 Å². The van der Waals surface area contributed by atoms with Gasteiger partial charge in [-0.2, -0.15) is 0 Å². The highest BCUT2D eigenvalue weighted by Gasteiger charge is 2.44. The lowest BCUT2D eigenvalue weighted by molar-refractivity contribution is -0.302. The van der Waals surface area contributed by atoms with Gasteiger partial charge in [0.15, 0.2) is 6.29 Å². The smallest absolute Gasteiger partial charge is 0.305 e. The van der Waals surface area contributed by atoms with Gasteiger partial charge in [-0.3, -0.25) is 9.59 Å². The van der Waals surface area contributed by atoms with Crippen LogP contribution in [0, 0.1) is 0 Å². The minimum Gasteiger partial charge on any atom is -0.466 e. The summed E-state index contributed by atoms with van der Waals surface area (Å²) in [5.41, 5.74) is 0. The third kappa shape index (κ3) is 52.4. The Morgan fingerprint density at radius 2 is 0.753 bits per heavy atom. The Morgan fingerprint density at radius 1 is 0.424 bits per heavy atom. The molecule has 7 unspecified atom stereocenters. The van der Waals surface area contributed by atoms with Crippen LogP contribution in [-0.2, 0) is 23.8 Å². The topological polar surface area (TPSA) is 175 Å². The Labute approximate surface area is 523 Å². The number of aliphatic hydroxyl groups is 5.